The van der Waals surface area contributed by atoms with E-state index >= 15 is 0 Å². The summed E-state index contributed by atoms with van der Waals surface area (Å²) in [5.74, 6) is 0.532. The standard InChI is InChI=1S/C27H46O2/c1-6-7-8-9-10-11-12-13-14-22-17-18-27(19-20-27)25(24(22)28-5)26(4)23(29-26)16-15-21(2)3/h14-15,23-25H,6-13,16-20H2,1-5H3/b22-14-/t23-,24-,25-,26+/m1/s1. The Bertz CT molecular complexity index is 581. The van der Waals surface area contributed by atoms with Crippen molar-refractivity contribution in [2.75, 3.05) is 7.11 Å². The summed E-state index contributed by atoms with van der Waals surface area (Å²) in [6, 6.07) is 0. The monoisotopic (exact) mass is 402 g/mol. The van der Waals surface area contributed by atoms with Gasteiger partial charge >= 0.3 is 0 Å². The summed E-state index contributed by atoms with van der Waals surface area (Å²) in [5.41, 5.74) is 3.46. The van der Waals surface area contributed by atoms with Crippen LogP contribution < -0.4 is 0 Å². The molecule has 0 aromatic rings. The molecule has 2 heteroatoms. The summed E-state index contributed by atoms with van der Waals surface area (Å²) in [7, 11) is 1.93. The minimum atomic E-state index is 0.00190. The molecule has 3 aliphatic rings. The number of allylic oxidation sites excluding steroid dienone is 2. The highest BCUT2D eigenvalue weighted by molar-refractivity contribution is 5.27. The zero-order valence-electron chi connectivity index (χ0n) is 19.9. The molecule has 2 aliphatic carbocycles. The Labute approximate surface area is 180 Å². The van der Waals surface area contributed by atoms with Gasteiger partial charge in [-0.25, -0.2) is 0 Å². The first-order chi connectivity index (χ1) is 14.0. The molecular weight excluding hydrogens is 356 g/mol. The molecule has 0 bridgehead atoms. The molecule has 4 atom stereocenters. The van der Waals surface area contributed by atoms with Crippen molar-refractivity contribution in [2.45, 2.75) is 129 Å². The molecule has 166 valence electrons. The lowest BCUT2D eigenvalue weighted by molar-refractivity contribution is -0.0162. The molecule has 1 saturated heterocycles. The van der Waals surface area contributed by atoms with Gasteiger partial charge in [0.15, 0.2) is 0 Å². The Balaban J connectivity index is 1.56. The number of ether oxygens (including phenoxy) is 2. The van der Waals surface area contributed by atoms with E-state index < -0.39 is 0 Å². The maximum absolute atomic E-state index is 6.39. The van der Waals surface area contributed by atoms with Gasteiger partial charge in [0.05, 0.1) is 17.8 Å². The predicted octanol–water partition coefficient (Wildman–Crippen LogP) is 7.77. The Morgan fingerprint density at radius 2 is 1.76 bits per heavy atom. The van der Waals surface area contributed by atoms with Crippen molar-refractivity contribution in [1.29, 1.82) is 0 Å². The second-order valence-electron chi connectivity index (χ2n) is 10.5. The van der Waals surface area contributed by atoms with Crippen LogP contribution in [0, 0.1) is 11.3 Å². The van der Waals surface area contributed by atoms with E-state index in [1.165, 1.54) is 82.6 Å². The minimum Gasteiger partial charge on any atom is -0.377 e. The van der Waals surface area contributed by atoms with E-state index in [4.69, 9.17) is 9.47 Å². The maximum atomic E-state index is 6.39. The van der Waals surface area contributed by atoms with E-state index in [2.05, 4.69) is 39.8 Å². The molecule has 1 heterocycles. The summed E-state index contributed by atoms with van der Waals surface area (Å²) in [5, 5.41) is 0. The first-order valence-electron chi connectivity index (χ1n) is 12.5. The molecule has 2 nitrogen and oxygen atoms in total. The fourth-order valence-electron chi connectivity index (χ4n) is 5.92. The van der Waals surface area contributed by atoms with Gasteiger partial charge in [0.1, 0.15) is 0 Å². The average molecular weight is 403 g/mol. The number of hydrogen-bond donors (Lipinski definition) is 0. The second kappa shape index (κ2) is 10.1. The van der Waals surface area contributed by atoms with E-state index in [1.54, 1.807) is 5.57 Å². The summed E-state index contributed by atoms with van der Waals surface area (Å²) in [4.78, 5) is 0. The van der Waals surface area contributed by atoms with Gasteiger partial charge in [-0.1, -0.05) is 63.2 Å². The average Bonchev–Trinajstić information content (AvgIpc) is 3.60. The second-order valence-corrected chi connectivity index (χ2v) is 10.5. The lowest BCUT2D eigenvalue weighted by Gasteiger charge is -2.42. The van der Waals surface area contributed by atoms with Crippen LogP contribution in [0.3, 0.4) is 0 Å². The fraction of sp³-hybridized carbons (Fsp3) is 0.852. The zero-order chi connectivity index (χ0) is 20.9. The number of rotatable bonds is 12. The Hall–Kier alpha value is -0.600. The van der Waals surface area contributed by atoms with Crippen LogP contribution in [0.4, 0.5) is 0 Å². The number of epoxide rings is 1. The summed E-state index contributed by atoms with van der Waals surface area (Å²) < 4.78 is 12.6. The molecule has 0 aromatic heterocycles. The number of unbranched alkanes of at least 4 members (excludes halogenated alkanes) is 7. The highest BCUT2D eigenvalue weighted by Crippen LogP contribution is 2.68. The van der Waals surface area contributed by atoms with Crippen molar-refractivity contribution >= 4 is 0 Å². The first kappa shape index (κ1) is 23.1. The van der Waals surface area contributed by atoms with Crippen LogP contribution in [-0.4, -0.2) is 24.9 Å². The fourth-order valence-corrected chi connectivity index (χ4v) is 5.92. The smallest absolute Gasteiger partial charge is 0.0984 e. The van der Waals surface area contributed by atoms with Crippen molar-refractivity contribution in [1.82, 2.24) is 0 Å². The molecular formula is C27H46O2. The summed E-state index contributed by atoms with van der Waals surface area (Å²) in [6.45, 7) is 9.03. The van der Waals surface area contributed by atoms with Crippen molar-refractivity contribution in [3.63, 3.8) is 0 Å². The van der Waals surface area contributed by atoms with Crippen LogP contribution in [-0.2, 0) is 9.47 Å². The normalized spacial score (nSPS) is 33.8. The highest BCUT2D eigenvalue weighted by Gasteiger charge is 2.69. The molecule has 0 radical (unpaired) electrons. The molecule has 0 aromatic carbocycles. The van der Waals surface area contributed by atoms with Crippen molar-refractivity contribution < 1.29 is 9.47 Å². The van der Waals surface area contributed by atoms with Crippen molar-refractivity contribution in [3.05, 3.63) is 23.3 Å². The molecule has 29 heavy (non-hydrogen) atoms. The van der Waals surface area contributed by atoms with Crippen LogP contribution in [0.1, 0.15) is 111 Å². The zero-order valence-corrected chi connectivity index (χ0v) is 19.9. The van der Waals surface area contributed by atoms with Gasteiger partial charge in [-0.05, 0) is 76.7 Å². The van der Waals surface area contributed by atoms with Crippen LogP contribution >= 0.6 is 0 Å². The lowest BCUT2D eigenvalue weighted by Crippen LogP contribution is -2.46. The molecule has 0 amide bonds. The molecule has 1 aliphatic heterocycles. The van der Waals surface area contributed by atoms with E-state index in [-0.39, 0.29) is 11.7 Å². The van der Waals surface area contributed by atoms with Gasteiger partial charge < -0.3 is 9.47 Å². The molecule has 3 fully saturated rings. The SMILES string of the molecule is CCCCCCCCC/C=C1/CCC2(CC2)[C@@H]([C@@]2(C)O[C@@H]2CC=C(C)C)[C@@H]1OC. The van der Waals surface area contributed by atoms with Crippen LogP contribution in [0.15, 0.2) is 23.3 Å². The van der Waals surface area contributed by atoms with Crippen LogP contribution in [0.5, 0.6) is 0 Å². The molecule has 0 unspecified atom stereocenters. The Morgan fingerprint density at radius 3 is 2.38 bits per heavy atom. The third-order valence-electron chi connectivity index (χ3n) is 7.94. The van der Waals surface area contributed by atoms with Crippen LogP contribution in [0.2, 0.25) is 0 Å². The molecule has 0 N–H and O–H groups in total. The van der Waals surface area contributed by atoms with E-state index in [0.29, 0.717) is 17.4 Å². The van der Waals surface area contributed by atoms with E-state index in [1.807, 2.05) is 7.11 Å². The molecule has 1 spiro atoms. The van der Waals surface area contributed by atoms with E-state index in [0.717, 1.165) is 6.42 Å². The molecule has 2 saturated carbocycles. The summed E-state index contributed by atoms with van der Waals surface area (Å²) in [6.07, 6.45) is 22.8. The number of hydrogen-bond acceptors (Lipinski definition) is 2. The van der Waals surface area contributed by atoms with Gasteiger partial charge in [0, 0.05) is 13.0 Å². The summed E-state index contributed by atoms with van der Waals surface area (Å²) >= 11 is 0. The Morgan fingerprint density at radius 1 is 1.07 bits per heavy atom. The minimum absolute atomic E-state index is 0.00190. The molecule has 3 rings (SSSR count). The first-order valence-corrected chi connectivity index (χ1v) is 12.5. The van der Waals surface area contributed by atoms with Crippen molar-refractivity contribution in [2.24, 2.45) is 11.3 Å². The third kappa shape index (κ3) is 5.56. The maximum Gasteiger partial charge on any atom is 0.0984 e. The predicted molar refractivity (Wildman–Crippen MR) is 123 cm³/mol. The van der Waals surface area contributed by atoms with Gasteiger partial charge in [-0.15, -0.1) is 0 Å². The highest BCUT2D eigenvalue weighted by atomic mass is 16.6. The van der Waals surface area contributed by atoms with Gasteiger partial charge in [0.25, 0.3) is 0 Å². The van der Waals surface area contributed by atoms with E-state index in [9.17, 15) is 0 Å². The van der Waals surface area contributed by atoms with Crippen molar-refractivity contribution in [3.8, 4) is 0 Å². The number of methoxy groups -OCH3 is 1. The topological polar surface area (TPSA) is 21.8 Å². The van der Waals surface area contributed by atoms with Gasteiger partial charge in [-0.3, -0.25) is 0 Å². The Kier molecular flexibility index (Phi) is 8.07. The largest absolute Gasteiger partial charge is 0.377 e. The van der Waals surface area contributed by atoms with Crippen LogP contribution in [0.25, 0.3) is 0 Å². The lowest BCUT2D eigenvalue weighted by atomic mass is 9.65. The van der Waals surface area contributed by atoms with Gasteiger partial charge in [-0.2, -0.15) is 0 Å². The quantitative estimate of drug-likeness (QED) is 0.189. The van der Waals surface area contributed by atoms with Gasteiger partial charge in [0.2, 0.25) is 0 Å². The third-order valence-corrected chi connectivity index (χ3v) is 7.94.